The van der Waals surface area contributed by atoms with Gasteiger partial charge >= 0.3 is 0 Å². The number of thioether (sulfide) groups is 1. The summed E-state index contributed by atoms with van der Waals surface area (Å²) >= 11 is 1.87. The largest absolute Gasteiger partial charge is 0.352 e. The molecule has 0 aromatic rings. The van der Waals surface area contributed by atoms with Crippen molar-refractivity contribution in [3.05, 3.63) is 0 Å². The van der Waals surface area contributed by atoms with E-state index >= 15 is 0 Å². The fourth-order valence-electron chi connectivity index (χ4n) is 1.17. The summed E-state index contributed by atoms with van der Waals surface area (Å²) in [4.78, 5) is 11.4. The second-order valence-corrected chi connectivity index (χ2v) is 4.74. The Morgan fingerprint density at radius 2 is 2.38 bits per heavy atom. The standard InChI is InChI=1S/C9H18N2OS/c1-3-13-6-7(2)11-9(12)8-4-10-5-8/h7-8,10H,3-6H2,1-2H3,(H,11,12). The first-order valence-electron chi connectivity index (χ1n) is 4.83. The van der Waals surface area contributed by atoms with E-state index in [1.165, 1.54) is 0 Å². The van der Waals surface area contributed by atoms with E-state index in [0.717, 1.165) is 24.6 Å². The van der Waals surface area contributed by atoms with Crippen LogP contribution in [0.3, 0.4) is 0 Å². The van der Waals surface area contributed by atoms with E-state index in [2.05, 4.69) is 24.5 Å². The van der Waals surface area contributed by atoms with Gasteiger partial charge in [0.2, 0.25) is 5.91 Å². The molecule has 1 atom stereocenters. The van der Waals surface area contributed by atoms with Gasteiger partial charge in [-0.25, -0.2) is 0 Å². The number of hydrogen-bond acceptors (Lipinski definition) is 3. The average molecular weight is 202 g/mol. The van der Waals surface area contributed by atoms with E-state index in [1.807, 2.05) is 11.8 Å². The van der Waals surface area contributed by atoms with Crippen molar-refractivity contribution >= 4 is 17.7 Å². The summed E-state index contributed by atoms with van der Waals surface area (Å²) in [6.45, 7) is 5.89. The Morgan fingerprint density at radius 3 is 2.85 bits per heavy atom. The predicted octanol–water partition coefficient (Wildman–Crippen LogP) is 0.464. The lowest BCUT2D eigenvalue weighted by Gasteiger charge is -2.27. The average Bonchev–Trinajstić information content (AvgIpc) is 1.97. The normalized spacial score (nSPS) is 19.2. The molecule has 1 unspecified atom stereocenters. The lowest BCUT2D eigenvalue weighted by atomic mass is 10.0. The van der Waals surface area contributed by atoms with Gasteiger partial charge in [0, 0.05) is 24.9 Å². The molecule has 0 spiro atoms. The molecular weight excluding hydrogens is 184 g/mol. The molecule has 1 aliphatic heterocycles. The number of carbonyl (C=O) groups excluding carboxylic acids is 1. The van der Waals surface area contributed by atoms with Crippen LogP contribution >= 0.6 is 11.8 Å². The summed E-state index contributed by atoms with van der Waals surface area (Å²) in [5.41, 5.74) is 0. The molecule has 4 heteroatoms. The van der Waals surface area contributed by atoms with Gasteiger partial charge in [0.1, 0.15) is 0 Å². The SMILES string of the molecule is CCSCC(C)NC(=O)C1CNC1. The molecule has 0 aromatic heterocycles. The van der Waals surface area contributed by atoms with Gasteiger partial charge in [0.15, 0.2) is 0 Å². The van der Waals surface area contributed by atoms with Gasteiger partial charge in [-0.15, -0.1) is 0 Å². The van der Waals surface area contributed by atoms with E-state index in [9.17, 15) is 4.79 Å². The predicted molar refractivity (Wildman–Crippen MR) is 57.0 cm³/mol. The fourth-order valence-corrected chi connectivity index (χ4v) is 1.84. The number of carbonyl (C=O) groups is 1. The molecule has 0 radical (unpaired) electrons. The molecule has 0 aliphatic carbocycles. The van der Waals surface area contributed by atoms with Crippen molar-refractivity contribution < 1.29 is 4.79 Å². The Morgan fingerprint density at radius 1 is 1.69 bits per heavy atom. The maximum absolute atomic E-state index is 11.4. The van der Waals surface area contributed by atoms with Crippen molar-refractivity contribution in [2.45, 2.75) is 19.9 Å². The molecular formula is C9H18N2OS. The Hall–Kier alpha value is -0.220. The van der Waals surface area contributed by atoms with Gasteiger partial charge in [-0.3, -0.25) is 4.79 Å². The van der Waals surface area contributed by atoms with Crippen molar-refractivity contribution in [3.63, 3.8) is 0 Å². The number of hydrogen-bond donors (Lipinski definition) is 2. The molecule has 0 saturated carbocycles. The highest BCUT2D eigenvalue weighted by molar-refractivity contribution is 7.99. The molecule has 3 nitrogen and oxygen atoms in total. The molecule has 13 heavy (non-hydrogen) atoms. The van der Waals surface area contributed by atoms with Crippen LogP contribution in [-0.4, -0.2) is 36.5 Å². The number of nitrogens with one attached hydrogen (secondary N) is 2. The topological polar surface area (TPSA) is 41.1 Å². The molecule has 0 bridgehead atoms. The van der Waals surface area contributed by atoms with E-state index in [-0.39, 0.29) is 11.8 Å². The first-order valence-corrected chi connectivity index (χ1v) is 5.98. The molecule has 1 amide bonds. The van der Waals surface area contributed by atoms with Crippen LogP contribution in [0.1, 0.15) is 13.8 Å². The van der Waals surface area contributed by atoms with Crippen molar-refractivity contribution in [1.82, 2.24) is 10.6 Å². The van der Waals surface area contributed by atoms with Crippen molar-refractivity contribution in [1.29, 1.82) is 0 Å². The maximum Gasteiger partial charge on any atom is 0.225 e. The highest BCUT2D eigenvalue weighted by Gasteiger charge is 2.25. The van der Waals surface area contributed by atoms with Crippen LogP contribution in [0, 0.1) is 5.92 Å². The molecule has 1 fully saturated rings. The Balaban J connectivity index is 2.11. The highest BCUT2D eigenvalue weighted by Crippen LogP contribution is 2.05. The van der Waals surface area contributed by atoms with Crippen LogP contribution in [0.25, 0.3) is 0 Å². The quantitative estimate of drug-likeness (QED) is 0.680. The lowest BCUT2D eigenvalue weighted by Crippen LogP contribution is -2.52. The van der Waals surface area contributed by atoms with E-state index in [1.54, 1.807) is 0 Å². The smallest absolute Gasteiger partial charge is 0.225 e. The van der Waals surface area contributed by atoms with Crippen molar-refractivity contribution in [3.8, 4) is 0 Å². The zero-order valence-corrected chi connectivity index (χ0v) is 9.12. The van der Waals surface area contributed by atoms with Gasteiger partial charge in [-0.2, -0.15) is 11.8 Å². The zero-order valence-electron chi connectivity index (χ0n) is 8.30. The van der Waals surface area contributed by atoms with Crippen LogP contribution in [0.2, 0.25) is 0 Å². The summed E-state index contributed by atoms with van der Waals surface area (Å²) in [5, 5.41) is 6.11. The third kappa shape index (κ3) is 3.56. The van der Waals surface area contributed by atoms with Crippen LogP contribution in [-0.2, 0) is 4.79 Å². The molecule has 2 N–H and O–H groups in total. The Kier molecular flexibility index (Phi) is 4.59. The highest BCUT2D eigenvalue weighted by atomic mass is 32.2. The molecule has 1 saturated heterocycles. The lowest BCUT2D eigenvalue weighted by molar-refractivity contribution is -0.126. The van der Waals surface area contributed by atoms with E-state index in [0.29, 0.717) is 6.04 Å². The van der Waals surface area contributed by atoms with E-state index in [4.69, 9.17) is 0 Å². The van der Waals surface area contributed by atoms with Crippen molar-refractivity contribution in [2.75, 3.05) is 24.6 Å². The van der Waals surface area contributed by atoms with Crippen LogP contribution in [0.5, 0.6) is 0 Å². The van der Waals surface area contributed by atoms with Crippen LogP contribution in [0.15, 0.2) is 0 Å². The molecule has 1 heterocycles. The zero-order chi connectivity index (χ0) is 9.68. The molecule has 1 rings (SSSR count). The third-order valence-corrected chi connectivity index (χ3v) is 3.26. The summed E-state index contributed by atoms with van der Waals surface area (Å²) < 4.78 is 0. The minimum atomic E-state index is 0.211. The molecule has 0 aromatic carbocycles. The number of amides is 1. The molecule has 1 aliphatic rings. The second kappa shape index (κ2) is 5.50. The van der Waals surface area contributed by atoms with Gasteiger partial charge < -0.3 is 10.6 Å². The van der Waals surface area contributed by atoms with Crippen LogP contribution in [0.4, 0.5) is 0 Å². The third-order valence-electron chi connectivity index (χ3n) is 2.11. The minimum Gasteiger partial charge on any atom is -0.352 e. The number of rotatable bonds is 5. The fraction of sp³-hybridized carbons (Fsp3) is 0.889. The van der Waals surface area contributed by atoms with Gasteiger partial charge in [0.25, 0.3) is 0 Å². The summed E-state index contributed by atoms with van der Waals surface area (Å²) in [6, 6.07) is 0.304. The summed E-state index contributed by atoms with van der Waals surface area (Å²) in [7, 11) is 0. The second-order valence-electron chi connectivity index (χ2n) is 3.42. The minimum absolute atomic E-state index is 0.211. The van der Waals surface area contributed by atoms with Gasteiger partial charge in [-0.1, -0.05) is 6.92 Å². The Bertz CT molecular complexity index is 171. The van der Waals surface area contributed by atoms with Gasteiger partial charge in [0.05, 0.1) is 5.92 Å². The maximum atomic E-state index is 11.4. The van der Waals surface area contributed by atoms with Gasteiger partial charge in [-0.05, 0) is 12.7 Å². The monoisotopic (exact) mass is 202 g/mol. The van der Waals surface area contributed by atoms with Crippen LogP contribution < -0.4 is 10.6 Å². The van der Waals surface area contributed by atoms with Crippen molar-refractivity contribution in [2.24, 2.45) is 5.92 Å². The molecule has 76 valence electrons. The van der Waals surface area contributed by atoms with E-state index < -0.39 is 0 Å². The first-order chi connectivity index (χ1) is 6.24. The first kappa shape index (κ1) is 10.9. The summed E-state index contributed by atoms with van der Waals surface area (Å²) in [6.07, 6.45) is 0. The summed E-state index contributed by atoms with van der Waals surface area (Å²) in [5.74, 6) is 2.56. The Labute approximate surface area is 84.0 Å².